The highest BCUT2D eigenvalue weighted by atomic mass is 35.5. The molecule has 0 bridgehead atoms. The number of H-pyrrole nitrogens is 1. The molecule has 5 nitrogen and oxygen atoms in total. The Morgan fingerprint density at radius 3 is 2.33 bits per heavy atom. The molecule has 1 N–H and O–H groups in total. The average molecular weight is 464 g/mol. The fourth-order valence-corrected chi connectivity index (χ4v) is 4.34. The second-order valence-electron chi connectivity index (χ2n) is 7.31. The number of hydrogen-bond donors (Lipinski definition) is 1. The van der Waals surface area contributed by atoms with Crippen LogP contribution in [0.2, 0.25) is 15.1 Å². The van der Waals surface area contributed by atoms with Crippen LogP contribution in [0.3, 0.4) is 0 Å². The van der Waals surface area contributed by atoms with Gasteiger partial charge in [-0.15, -0.1) is 0 Å². The number of rotatable bonds is 4. The Morgan fingerprint density at radius 1 is 1.00 bits per heavy atom. The minimum absolute atomic E-state index is 0.202. The van der Waals surface area contributed by atoms with Crippen molar-refractivity contribution in [3.05, 3.63) is 68.8 Å². The summed E-state index contributed by atoms with van der Waals surface area (Å²) in [4.78, 5) is 13.7. The standard InChI is InChI=1S/C22H21Cl3N4O/c1-14-20(15-5-7-16(23)8-6-15)26-27-21(14)22(30)29(28-11-3-2-4-12-28)19-10-9-17(24)13-18(19)25/h5-10,13H,2-4,11-12H2,1H3,(H,26,27). The summed E-state index contributed by atoms with van der Waals surface area (Å²) in [7, 11) is 0. The molecule has 2 aromatic carbocycles. The maximum absolute atomic E-state index is 13.7. The Morgan fingerprint density at radius 2 is 1.67 bits per heavy atom. The fourth-order valence-electron chi connectivity index (χ4n) is 3.72. The summed E-state index contributed by atoms with van der Waals surface area (Å²) in [5.41, 5.74) is 3.41. The van der Waals surface area contributed by atoms with Crippen molar-refractivity contribution in [1.82, 2.24) is 15.2 Å². The monoisotopic (exact) mass is 462 g/mol. The first-order valence-electron chi connectivity index (χ1n) is 9.81. The summed E-state index contributed by atoms with van der Waals surface area (Å²) in [5.74, 6) is -0.202. The first-order valence-corrected chi connectivity index (χ1v) is 10.9. The van der Waals surface area contributed by atoms with Crippen molar-refractivity contribution in [2.45, 2.75) is 26.2 Å². The van der Waals surface area contributed by atoms with Crippen LogP contribution in [0.25, 0.3) is 11.3 Å². The summed E-state index contributed by atoms with van der Waals surface area (Å²) in [6, 6.07) is 12.6. The van der Waals surface area contributed by atoms with Crippen LogP contribution < -0.4 is 5.01 Å². The molecule has 1 aromatic heterocycles. The molecule has 30 heavy (non-hydrogen) atoms. The second kappa shape index (κ2) is 8.98. The van der Waals surface area contributed by atoms with Gasteiger partial charge in [-0.1, -0.05) is 53.4 Å². The molecule has 1 aliphatic heterocycles. The predicted octanol–water partition coefficient (Wildman–Crippen LogP) is 6.39. The van der Waals surface area contributed by atoms with E-state index in [2.05, 4.69) is 10.2 Å². The Bertz CT molecular complexity index is 1060. The Labute approximate surface area is 190 Å². The van der Waals surface area contributed by atoms with Crippen molar-refractivity contribution in [3.8, 4) is 11.3 Å². The topological polar surface area (TPSA) is 52.2 Å². The van der Waals surface area contributed by atoms with Crippen LogP contribution in [0.15, 0.2) is 42.5 Å². The molecule has 1 fully saturated rings. The van der Waals surface area contributed by atoms with Gasteiger partial charge in [0.1, 0.15) is 5.69 Å². The number of hydrazine groups is 1. The van der Waals surface area contributed by atoms with Gasteiger partial charge in [-0.2, -0.15) is 5.10 Å². The number of carbonyl (C=O) groups excluding carboxylic acids is 1. The molecule has 0 aliphatic carbocycles. The van der Waals surface area contributed by atoms with Gasteiger partial charge in [0.25, 0.3) is 5.91 Å². The highest BCUT2D eigenvalue weighted by Gasteiger charge is 2.30. The van der Waals surface area contributed by atoms with E-state index in [-0.39, 0.29) is 5.91 Å². The van der Waals surface area contributed by atoms with E-state index >= 15 is 0 Å². The van der Waals surface area contributed by atoms with E-state index in [1.165, 1.54) is 0 Å². The van der Waals surface area contributed by atoms with Crippen LogP contribution in [-0.4, -0.2) is 34.2 Å². The van der Waals surface area contributed by atoms with Gasteiger partial charge in [0, 0.05) is 34.3 Å². The van der Waals surface area contributed by atoms with Crippen LogP contribution in [0.4, 0.5) is 5.69 Å². The lowest BCUT2D eigenvalue weighted by Gasteiger charge is -2.37. The van der Waals surface area contributed by atoms with Crippen LogP contribution >= 0.6 is 34.8 Å². The molecule has 1 amide bonds. The van der Waals surface area contributed by atoms with E-state index in [1.807, 2.05) is 24.1 Å². The molecule has 0 radical (unpaired) electrons. The van der Waals surface area contributed by atoms with Crippen molar-refractivity contribution in [2.75, 3.05) is 18.1 Å². The number of piperidine rings is 1. The highest BCUT2D eigenvalue weighted by molar-refractivity contribution is 6.37. The molecule has 0 saturated carbocycles. The lowest BCUT2D eigenvalue weighted by molar-refractivity contribution is 0.0867. The average Bonchev–Trinajstić information content (AvgIpc) is 3.12. The third-order valence-corrected chi connectivity index (χ3v) is 6.08. The molecule has 0 atom stereocenters. The number of hydrogen-bond acceptors (Lipinski definition) is 3. The van der Waals surface area contributed by atoms with E-state index in [1.54, 1.807) is 35.3 Å². The fraction of sp³-hybridized carbons (Fsp3) is 0.273. The largest absolute Gasteiger partial charge is 0.291 e. The molecule has 3 aromatic rings. The number of aromatic nitrogens is 2. The Kier molecular flexibility index (Phi) is 6.34. The van der Waals surface area contributed by atoms with E-state index < -0.39 is 0 Å². The lowest BCUT2D eigenvalue weighted by atomic mass is 10.1. The third kappa shape index (κ3) is 4.21. The molecular formula is C22H21Cl3N4O. The third-order valence-electron chi connectivity index (χ3n) is 5.29. The van der Waals surface area contributed by atoms with Gasteiger partial charge in [0.2, 0.25) is 0 Å². The molecule has 0 unspecified atom stereocenters. The maximum atomic E-state index is 13.7. The summed E-state index contributed by atoms with van der Waals surface area (Å²) < 4.78 is 0. The smallest absolute Gasteiger partial charge is 0.272 e. The van der Waals surface area contributed by atoms with Crippen molar-refractivity contribution in [2.24, 2.45) is 0 Å². The lowest BCUT2D eigenvalue weighted by Crippen LogP contribution is -2.49. The van der Waals surface area contributed by atoms with E-state index in [0.29, 0.717) is 26.4 Å². The number of nitrogens with zero attached hydrogens (tertiary/aromatic N) is 3. The number of halogens is 3. The zero-order valence-corrected chi connectivity index (χ0v) is 18.7. The van der Waals surface area contributed by atoms with Crippen LogP contribution in [-0.2, 0) is 0 Å². The highest BCUT2D eigenvalue weighted by Crippen LogP contribution is 2.33. The van der Waals surface area contributed by atoms with Gasteiger partial charge in [-0.25, -0.2) is 10.0 Å². The van der Waals surface area contributed by atoms with Gasteiger partial charge >= 0.3 is 0 Å². The number of carbonyl (C=O) groups is 1. The summed E-state index contributed by atoms with van der Waals surface area (Å²) in [6.07, 6.45) is 3.19. The summed E-state index contributed by atoms with van der Waals surface area (Å²) in [5, 5.41) is 12.6. The van der Waals surface area contributed by atoms with Crippen molar-refractivity contribution >= 4 is 46.4 Å². The van der Waals surface area contributed by atoms with E-state index in [0.717, 1.165) is 49.2 Å². The van der Waals surface area contributed by atoms with Crippen molar-refractivity contribution in [1.29, 1.82) is 0 Å². The molecule has 8 heteroatoms. The quantitative estimate of drug-likeness (QED) is 0.487. The minimum Gasteiger partial charge on any atom is -0.272 e. The van der Waals surface area contributed by atoms with Gasteiger partial charge in [0.15, 0.2) is 0 Å². The van der Waals surface area contributed by atoms with Crippen LogP contribution in [0.1, 0.15) is 35.3 Å². The Hall–Kier alpha value is -2.05. The zero-order chi connectivity index (χ0) is 21.3. The van der Waals surface area contributed by atoms with Crippen molar-refractivity contribution < 1.29 is 4.79 Å². The number of aromatic amines is 1. The van der Waals surface area contributed by atoms with Crippen LogP contribution in [0, 0.1) is 6.92 Å². The number of benzene rings is 2. The maximum Gasteiger partial charge on any atom is 0.291 e. The molecule has 1 aliphatic rings. The van der Waals surface area contributed by atoms with Gasteiger partial charge < -0.3 is 0 Å². The number of amides is 1. The molecule has 4 rings (SSSR count). The second-order valence-corrected chi connectivity index (χ2v) is 8.59. The predicted molar refractivity (Wildman–Crippen MR) is 122 cm³/mol. The normalized spacial score (nSPS) is 14.7. The molecule has 1 saturated heterocycles. The number of nitrogens with one attached hydrogen (secondary N) is 1. The first-order chi connectivity index (χ1) is 14.5. The van der Waals surface area contributed by atoms with E-state index in [9.17, 15) is 4.79 Å². The summed E-state index contributed by atoms with van der Waals surface area (Å²) in [6.45, 7) is 3.45. The zero-order valence-electron chi connectivity index (χ0n) is 16.5. The van der Waals surface area contributed by atoms with Crippen molar-refractivity contribution in [3.63, 3.8) is 0 Å². The minimum atomic E-state index is -0.202. The molecule has 0 spiro atoms. The molecule has 2 heterocycles. The van der Waals surface area contributed by atoms with Gasteiger partial charge in [0.05, 0.1) is 16.4 Å². The molecular weight excluding hydrogens is 443 g/mol. The SMILES string of the molecule is Cc1c(-c2ccc(Cl)cc2)n[nH]c1C(=O)N(c1ccc(Cl)cc1Cl)N1CCCCC1. The van der Waals surface area contributed by atoms with Gasteiger partial charge in [-0.3, -0.25) is 9.89 Å². The summed E-state index contributed by atoms with van der Waals surface area (Å²) >= 11 is 18.6. The first kappa shape index (κ1) is 21.2. The molecule has 156 valence electrons. The number of anilines is 1. The van der Waals surface area contributed by atoms with Crippen LogP contribution in [0.5, 0.6) is 0 Å². The Balaban J connectivity index is 1.74. The van der Waals surface area contributed by atoms with Gasteiger partial charge in [-0.05, 0) is 50.1 Å². The van der Waals surface area contributed by atoms with E-state index in [4.69, 9.17) is 34.8 Å².